The van der Waals surface area contributed by atoms with Crippen LogP contribution in [-0.4, -0.2) is 8.80 Å². The molecule has 0 aromatic heterocycles. The molecule has 128 valence electrons. The van der Waals surface area contributed by atoms with E-state index in [9.17, 15) is 0 Å². The first-order valence-electron chi connectivity index (χ1n) is 7.84. The zero-order valence-electron chi connectivity index (χ0n) is 15.6. The summed E-state index contributed by atoms with van der Waals surface area (Å²) in [6.07, 6.45) is 11.0. The third kappa shape index (κ3) is 8.04. The summed E-state index contributed by atoms with van der Waals surface area (Å²) >= 11 is 0. The van der Waals surface area contributed by atoms with E-state index in [1.807, 2.05) is 0 Å². The molecule has 2 aliphatic carbocycles. The summed E-state index contributed by atoms with van der Waals surface area (Å²) in [4.78, 5) is 0. The van der Waals surface area contributed by atoms with Gasteiger partial charge >= 0.3 is 26.2 Å². The van der Waals surface area contributed by atoms with Crippen molar-refractivity contribution in [1.29, 1.82) is 0 Å². The van der Waals surface area contributed by atoms with Crippen LogP contribution >= 0.6 is 0 Å². The molecule has 0 saturated heterocycles. The Hall–Kier alpha value is 0.640. The van der Waals surface area contributed by atoms with E-state index in [0.29, 0.717) is 0 Å². The summed E-state index contributed by atoms with van der Waals surface area (Å²) in [6, 6.07) is 0. The van der Waals surface area contributed by atoms with E-state index in [1.165, 1.54) is 18.4 Å². The van der Waals surface area contributed by atoms with E-state index in [4.69, 9.17) is 0 Å². The van der Waals surface area contributed by atoms with Gasteiger partial charge in [0.2, 0.25) is 0 Å². The largest absolute Gasteiger partial charge is 3.00 e. The zero-order chi connectivity index (χ0) is 15.3. The van der Waals surface area contributed by atoms with Crippen molar-refractivity contribution < 1.29 is 51.0 Å². The van der Waals surface area contributed by atoms with Crippen LogP contribution in [0.25, 0.3) is 0 Å². The van der Waals surface area contributed by atoms with Crippen molar-refractivity contribution in [3.8, 4) is 0 Å². The number of hydrogen-bond donors (Lipinski definition) is 0. The third-order valence-corrected chi connectivity index (χ3v) is 6.37. The van der Waals surface area contributed by atoms with E-state index in [2.05, 4.69) is 65.9 Å². The molecule has 0 nitrogen and oxygen atoms in total. The molecule has 2 rings (SSSR count). The van der Waals surface area contributed by atoms with Crippen molar-refractivity contribution in [1.82, 2.24) is 0 Å². The maximum Gasteiger partial charge on any atom is 3.00 e. The van der Waals surface area contributed by atoms with Gasteiger partial charge < -0.3 is 24.8 Å². The van der Waals surface area contributed by atoms with Crippen molar-refractivity contribution in [3.05, 3.63) is 45.7 Å². The van der Waals surface area contributed by atoms with E-state index in [1.54, 1.807) is 21.9 Å². The minimum Gasteiger partial charge on any atom is -1.00 e. The van der Waals surface area contributed by atoms with Gasteiger partial charge in [0.1, 0.15) is 0 Å². The van der Waals surface area contributed by atoms with Crippen LogP contribution in [0, 0.1) is 12.0 Å². The van der Waals surface area contributed by atoms with Crippen LogP contribution in [-0.2, 0) is 26.2 Å². The van der Waals surface area contributed by atoms with Gasteiger partial charge in [0, 0.05) is 0 Å². The fourth-order valence-electron chi connectivity index (χ4n) is 3.07. The molecule has 0 N–H and O–H groups in total. The van der Waals surface area contributed by atoms with Gasteiger partial charge in [0.05, 0.1) is 8.80 Å². The number of halogens is 2. The molecule has 0 aromatic rings. The second-order valence-electron chi connectivity index (χ2n) is 6.15. The second kappa shape index (κ2) is 13.9. The van der Waals surface area contributed by atoms with Crippen LogP contribution in [0.4, 0.5) is 0 Å². The van der Waals surface area contributed by atoms with Crippen molar-refractivity contribution in [2.75, 3.05) is 0 Å². The van der Waals surface area contributed by atoms with Gasteiger partial charge in [-0.15, -0.1) is 6.42 Å². The molecule has 2 aliphatic rings. The van der Waals surface area contributed by atoms with E-state index in [-0.39, 0.29) is 59.8 Å². The molecule has 0 amide bonds. The van der Waals surface area contributed by atoms with E-state index >= 15 is 0 Å². The van der Waals surface area contributed by atoms with Crippen LogP contribution < -0.4 is 24.8 Å². The molecule has 4 heteroatoms. The normalized spacial score (nSPS) is 18.8. The molecule has 0 aromatic carbocycles. The Bertz CT molecular complexity index is 474. The molecule has 0 fully saturated rings. The van der Waals surface area contributed by atoms with Crippen LogP contribution in [0.5, 0.6) is 0 Å². The van der Waals surface area contributed by atoms with Crippen molar-refractivity contribution >= 4 is 8.80 Å². The van der Waals surface area contributed by atoms with E-state index < -0.39 is 0 Å². The smallest absolute Gasteiger partial charge is 1.00 e. The van der Waals surface area contributed by atoms with Gasteiger partial charge in [-0.25, -0.2) is 11.6 Å². The molecule has 0 heterocycles. The summed E-state index contributed by atoms with van der Waals surface area (Å²) < 4.78 is 0. The first-order valence-corrected chi connectivity index (χ1v) is 10.3. The maximum absolute atomic E-state index is 3.14. The van der Waals surface area contributed by atoms with Crippen LogP contribution in [0.2, 0.25) is 13.1 Å². The summed E-state index contributed by atoms with van der Waals surface area (Å²) in [7, 11) is -0.237. The van der Waals surface area contributed by atoms with Crippen molar-refractivity contribution in [3.63, 3.8) is 0 Å². The monoisotopic (exact) mass is 446 g/mol. The first kappa shape index (κ1) is 28.4. The van der Waals surface area contributed by atoms with E-state index in [0.717, 1.165) is 12.3 Å². The van der Waals surface area contributed by atoms with Gasteiger partial charge in [-0.3, -0.25) is 6.08 Å². The fraction of sp³-hybridized carbons (Fsp3) is 0.579. The Balaban J connectivity index is -0.000000325. The van der Waals surface area contributed by atoms with Crippen molar-refractivity contribution in [2.24, 2.45) is 5.92 Å². The molecular weight excluding hydrogens is 418 g/mol. The average Bonchev–Trinajstić information content (AvgIpc) is 2.96. The number of hydrogen-bond acceptors (Lipinski definition) is 0. The molecule has 0 aliphatic heterocycles. The fourth-order valence-corrected chi connectivity index (χ4v) is 5.09. The van der Waals surface area contributed by atoms with Crippen LogP contribution in [0.3, 0.4) is 0 Å². The van der Waals surface area contributed by atoms with Gasteiger partial charge in [0.15, 0.2) is 0 Å². The van der Waals surface area contributed by atoms with Gasteiger partial charge in [-0.2, -0.15) is 6.08 Å². The number of rotatable bonds is 3. The predicted molar refractivity (Wildman–Crippen MR) is 93.1 cm³/mol. The molecule has 23 heavy (non-hydrogen) atoms. The van der Waals surface area contributed by atoms with Crippen LogP contribution in [0.1, 0.15) is 53.9 Å². The molecule has 0 spiro atoms. The Morgan fingerprint density at radius 2 is 1.70 bits per heavy atom. The summed E-state index contributed by atoms with van der Waals surface area (Å²) in [5, 5.41) is 1.75. The number of allylic oxidation sites excluding steroid dienone is 8. The minimum atomic E-state index is -0.237. The Labute approximate surface area is 177 Å². The molecular formula is C19H30Cl2SiZr. The van der Waals surface area contributed by atoms with Gasteiger partial charge in [-0.05, 0) is 32.3 Å². The quantitative estimate of drug-likeness (QED) is 0.423. The topological polar surface area (TPSA) is 0 Å². The Kier molecular flexibility index (Phi) is 17.2. The molecule has 0 saturated carbocycles. The summed E-state index contributed by atoms with van der Waals surface area (Å²) in [5.41, 5.74) is 6.18. The first-order chi connectivity index (χ1) is 9.40. The van der Waals surface area contributed by atoms with Gasteiger partial charge in [-0.1, -0.05) is 56.1 Å². The minimum absolute atomic E-state index is 0. The Morgan fingerprint density at radius 3 is 1.96 bits per heavy atom. The van der Waals surface area contributed by atoms with Gasteiger partial charge in [0.25, 0.3) is 0 Å². The summed E-state index contributed by atoms with van der Waals surface area (Å²) in [6.45, 7) is 16.2. The molecule has 1 atom stereocenters. The Morgan fingerprint density at radius 1 is 1.13 bits per heavy atom. The second-order valence-corrected chi connectivity index (χ2v) is 8.69. The molecule has 0 bridgehead atoms. The average molecular weight is 449 g/mol. The third-order valence-electron chi connectivity index (χ3n) is 4.49. The molecule has 1 unspecified atom stereocenters. The zero-order valence-corrected chi connectivity index (χ0v) is 20.6. The maximum atomic E-state index is 3.14. The standard InChI is InChI=1S/C11H19Si.C8H11.2ClH.Zr/c1-7-8(2)10(4)11(9(7)3)12(5)6;1-2-5-8-6-3-4-7-8;;;/h9H,1-6H3;6-7H,2-3,5H2,1H3;2*1H;/q;-1;;;+3/p-2. The molecule has 2 radical (unpaired) electrons. The SMILES string of the molecule is CC1=C(C)C(C)C([Si](C)C)=C1C.CCCC1=CC[C-]=C1.[Cl-].[Cl-].[Zr+3]. The predicted octanol–water partition coefficient (Wildman–Crippen LogP) is 0.0641. The van der Waals surface area contributed by atoms with Crippen molar-refractivity contribution in [2.45, 2.75) is 67.0 Å². The summed E-state index contributed by atoms with van der Waals surface area (Å²) in [5.74, 6) is 0.730. The van der Waals surface area contributed by atoms with Crippen LogP contribution in [0.15, 0.2) is 39.6 Å².